The van der Waals surface area contributed by atoms with Gasteiger partial charge in [-0.2, -0.15) is 13.2 Å². The third-order valence-electron chi connectivity index (χ3n) is 11.3. The average molecular weight is 709 g/mol. The molecule has 1 aromatic heterocycles. The molecule has 0 N–H and O–H groups in total. The van der Waals surface area contributed by atoms with Gasteiger partial charge in [0.2, 0.25) is 0 Å². The van der Waals surface area contributed by atoms with E-state index in [1.807, 2.05) is 37.3 Å². The van der Waals surface area contributed by atoms with E-state index in [2.05, 4.69) is 47.7 Å². The Morgan fingerprint density at radius 1 is 0.980 bits per heavy atom. The second-order valence-electron chi connectivity index (χ2n) is 16.7. The van der Waals surface area contributed by atoms with Crippen LogP contribution in [0.1, 0.15) is 130 Å². The Kier molecular flexibility index (Phi) is 9.80. The van der Waals surface area contributed by atoms with Crippen LogP contribution in [-0.2, 0) is 33.1 Å². The summed E-state index contributed by atoms with van der Waals surface area (Å²) in [5.41, 5.74) is 6.03. The molecule has 1 fully saturated rings. The maximum atomic E-state index is 13.6. The largest absolute Gasteiger partial charge is 0.445 e. The number of amides is 1. The third-order valence-corrected chi connectivity index (χ3v) is 15.8. The highest BCUT2D eigenvalue weighted by molar-refractivity contribution is 6.74. The van der Waals surface area contributed by atoms with Crippen LogP contribution in [0.4, 0.5) is 18.0 Å². The van der Waals surface area contributed by atoms with Gasteiger partial charge in [0.05, 0.1) is 23.5 Å². The maximum absolute atomic E-state index is 13.6. The van der Waals surface area contributed by atoms with Gasteiger partial charge in [0.25, 0.3) is 0 Å². The first kappa shape index (κ1) is 36.6. The first-order chi connectivity index (χ1) is 23.3. The van der Waals surface area contributed by atoms with Gasteiger partial charge in [0.15, 0.2) is 8.32 Å². The minimum absolute atomic E-state index is 0.00901. The van der Waals surface area contributed by atoms with Crippen molar-refractivity contribution in [1.29, 1.82) is 0 Å². The molecule has 2 aliphatic heterocycles. The minimum Gasteiger partial charge on any atom is -0.445 e. The zero-order valence-electron chi connectivity index (χ0n) is 30.6. The molecule has 3 aromatic rings. The predicted molar refractivity (Wildman–Crippen MR) is 190 cm³/mol. The standard InChI is InChI=1S/C40H51F3N2O4Si/c1-25-35-34(36(48-25)28-14-16-29(17-15-28)40(41,42)43)32(27-18-20-45(21-19-27)37(46)47-24-26-12-10-9-11-13-26)33-30(44-35)22-39(5,6)23-31(33)49-50(7,8)38(2,3)4/h9-17,25,27,31,36H,18-24H2,1-8H3/t25?,31-,36?/m0/s1. The lowest BCUT2D eigenvalue weighted by Crippen LogP contribution is -2.44. The van der Waals surface area contributed by atoms with Crippen molar-refractivity contribution < 1.29 is 31.9 Å². The molecule has 2 aromatic carbocycles. The quantitative estimate of drug-likeness (QED) is 0.239. The summed E-state index contributed by atoms with van der Waals surface area (Å²) in [7, 11) is -2.24. The third kappa shape index (κ3) is 7.39. The Bertz CT molecular complexity index is 1690. The fraction of sp³-hybridized carbons (Fsp3) is 0.550. The summed E-state index contributed by atoms with van der Waals surface area (Å²) in [5, 5.41) is -0.00901. The molecule has 0 bridgehead atoms. The molecular formula is C40H51F3N2O4Si. The normalized spacial score (nSPS) is 22.6. The molecule has 0 saturated carbocycles. The van der Waals surface area contributed by atoms with Crippen LogP contribution in [0.3, 0.4) is 0 Å². The molecule has 3 atom stereocenters. The predicted octanol–water partition coefficient (Wildman–Crippen LogP) is 10.8. The highest BCUT2D eigenvalue weighted by atomic mass is 28.4. The van der Waals surface area contributed by atoms with Crippen LogP contribution in [0.5, 0.6) is 0 Å². The van der Waals surface area contributed by atoms with Crippen molar-refractivity contribution in [2.24, 2.45) is 5.41 Å². The number of nitrogens with zero attached hydrogens (tertiary/aromatic N) is 2. The SMILES string of the molecule is CC1OC(c2ccc(C(F)(F)F)cc2)c2c1nc1c(c2C2CCN(C(=O)OCc3ccccc3)CC2)[C@@H](O[Si](C)(C)C(C)(C)C)CC(C)(C)C1. The molecule has 50 heavy (non-hydrogen) atoms. The lowest BCUT2D eigenvalue weighted by Gasteiger charge is -2.46. The number of piperidine rings is 1. The summed E-state index contributed by atoms with van der Waals surface area (Å²) in [5.74, 6) is 0.0799. The number of rotatable bonds is 6. The summed E-state index contributed by atoms with van der Waals surface area (Å²) < 4.78 is 60.3. The molecule has 6 rings (SSSR count). The average Bonchev–Trinajstić information content (AvgIpc) is 3.37. The van der Waals surface area contributed by atoms with E-state index in [1.54, 1.807) is 4.90 Å². The summed E-state index contributed by atoms with van der Waals surface area (Å²) in [6.45, 7) is 19.1. The van der Waals surface area contributed by atoms with Crippen molar-refractivity contribution in [3.05, 3.63) is 99.4 Å². The van der Waals surface area contributed by atoms with Crippen molar-refractivity contribution >= 4 is 14.4 Å². The van der Waals surface area contributed by atoms with Gasteiger partial charge in [-0.25, -0.2) is 4.79 Å². The Labute approximate surface area is 295 Å². The van der Waals surface area contributed by atoms with E-state index in [0.717, 1.165) is 58.6 Å². The smallest absolute Gasteiger partial charge is 0.416 e. The van der Waals surface area contributed by atoms with E-state index in [-0.39, 0.29) is 41.3 Å². The molecule has 0 radical (unpaired) electrons. The maximum Gasteiger partial charge on any atom is 0.416 e. The minimum atomic E-state index is -4.43. The number of fused-ring (bicyclic) bond motifs is 2. The number of pyridine rings is 1. The van der Waals surface area contributed by atoms with E-state index >= 15 is 0 Å². The lowest BCUT2D eigenvalue weighted by atomic mass is 9.70. The molecule has 10 heteroatoms. The van der Waals surface area contributed by atoms with E-state index in [4.69, 9.17) is 18.9 Å². The second-order valence-corrected chi connectivity index (χ2v) is 21.4. The Hall–Kier alpha value is -3.21. The number of carbonyl (C=O) groups is 1. The first-order valence-corrected chi connectivity index (χ1v) is 20.8. The number of halogens is 3. The van der Waals surface area contributed by atoms with Crippen molar-refractivity contribution in [2.45, 2.75) is 122 Å². The zero-order valence-corrected chi connectivity index (χ0v) is 31.6. The Morgan fingerprint density at radius 3 is 2.22 bits per heavy atom. The van der Waals surface area contributed by atoms with Gasteiger partial charge < -0.3 is 18.8 Å². The monoisotopic (exact) mass is 708 g/mol. The number of likely N-dealkylation sites (tertiary alicyclic amines) is 1. The molecule has 3 aliphatic rings. The highest BCUT2D eigenvalue weighted by Crippen LogP contribution is 2.55. The van der Waals surface area contributed by atoms with Gasteiger partial charge in [-0.3, -0.25) is 4.98 Å². The number of alkyl halides is 3. The summed E-state index contributed by atoms with van der Waals surface area (Å²) in [4.78, 5) is 20.3. The van der Waals surface area contributed by atoms with Crippen LogP contribution in [0.15, 0.2) is 54.6 Å². The van der Waals surface area contributed by atoms with Gasteiger partial charge in [0.1, 0.15) is 12.7 Å². The first-order valence-electron chi connectivity index (χ1n) is 17.9. The van der Waals surface area contributed by atoms with Gasteiger partial charge >= 0.3 is 12.3 Å². The molecule has 1 amide bonds. The highest BCUT2D eigenvalue weighted by Gasteiger charge is 2.47. The molecule has 2 unspecified atom stereocenters. The molecule has 0 spiro atoms. The van der Waals surface area contributed by atoms with Crippen LogP contribution < -0.4 is 0 Å². The number of hydrogen-bond donors (Lipinski definition) is 0. The molecular weight excluding hydrogens is 658 g/mol. The molecule has 1 aliphatic carbocycles. The van der Waals surface area contributed by atoms with Crippen molar-refractivity contribution in [3.63, 3.8) is 0 Å². The number of ether oxygens (including phenoxy) is 2. The molecule has 1 saturated heterocycles. The van der Waals surface area contributed by atoms with E-state index in [1.165, 1.54) is 12.1 Å². The molecule has 6 nitrogen and oxygen atoms in total. The Morgan fingerprint density at radius 2 is 1.62 bits per heavy atom. The fourth-order valence-electron chi connectivity index (χ4n) is 7.58. The van der Waals surface area contributed by atoms with Crippen LogP contribution >= 0.6 is 0 Å². The number of hydrogen-bond acceptors (Lipinski definition) is 5. The summed E-state index contributed by atoms with van der Waals surface area (Å²) >= 11 is 0. The topological polar surface area (TPSA) is 60.9 Å². The Balaban J connectivity index is 1.41. The summed E-state index contributed by atoms with van der Waals surface area (Å²) in [6.07, 6.45) is -2.76. The van der Waals surface area contributed by atoms with Crippen LogP contribution in [0.2, 0.25) is 18.1 Å². The molecule has 270 valence electrons. The van der Waals surface area contributed by atoms with Crippen molar-refractivity contribution in [3.8, 4) is 0 Å². The van der Waals surface area contributed by atoms with Gasteiger partial charge in [-0.05, 0) is 90.9 Å². The van der Waals surface area contributed by atoms with Crippen LogP contribution in [-0.4, -0.2) is 37.4 Å². The van der Waals surface area contributed by atoms with E-state index in [9.17, 15) is 18.0 Å². The van der Waals surface area contributed by atoms with Crippen LogP contribution in [0.25, 0.3) is 0 Å². The van der Waals surface area contributed by atoms with Crippen molar-refractivity contribution in [1.82, 2.24) is 9.88 Å². The zero-order chi connectivity index (χ0) is 36.2. The summed E-state index contributed by atoms with van der Waals surface area (Å²) in [6, 6.07) is 15.0. The fourth-order valence-corrected chi connectivity index (χ4v) is 8.84. The number of carbonyl (C=O) groups excluding carboxylic acids is 1. The molecule has 3 heterocycles. The van der Waals surface area contributed by atoms with Gasteiger partial charge in [-0.15, -0.1) is 0 Å². The van der Waals surface area contributed by atoms with E-state index < -0.39 is 26.2 Å². The lowest BCUT2D eigenvalue weighted by molar-refractivity contribution is -0.137. The number of benzene rings is 2. The van der Waals surface area contributed by atoms with Crippen molar-refractivity contribution in [2.75, 3.05) is 13.1 Å². The number of aromatic nitrogens is 1. The second kappa shape index (κ2) is 13.4. The van der Waals surface area contributed by atoms with E-state index in [0.29, 0.717) is 31.5 Å². The van der Waals surface area contributed by atoms with Crippen LogP contribution in [0, 0.1) is 5.41 Å². The van der Waals surface area contributed by atoms with Gasteiger partial charge in [-0.1, -0.05) is 77.1 Å². The van der Waals surface area contributed by atoms with Gasteiger partial charge in [0, 0.05) is 29.9 Å².